The second-order valence-electron chi connectivity index (χ2n) is 3.98. The van der Waals surface area contributed by atoms with Crippen LogP contribution in [0.1, 0.15) is 15.9 Å². The number of nitrogens with two attached hydrogens (primary N) is 1. The van der Waals surface area contributed by atoms with Crippen LogP contribution in [0.25, 0.3) is 11.3 Å². The highest BCUT2D eigenvalue weighted by Gasteiger charge is 2.31. The molecule has 2 aromatic rings. The van der Waals surface area contributed by atoms with Gasteiger partial charge in [-0.05, 0) is 30.3 Å². The molecule has 1 aromatic heterocycles. The number of hydrogen-bond donors (Lipinski definition) is 1. The molecule has 0 fully saturated rings. The third-order valence-corrected chi connectivity index (χ3v) is 2.84. The Morgan fingerprint density at radius 1 is 1.20 bits per heavy atom. The molecule has 0 aliphatic heterocycles. The molecule has 0 aliphatic rings. The van der Waals surface area contributed by atoms with Gasteiger partial charge in [-0.25, -0.2) is 0 Å². The van der Waals surface area contributed by atoms with Crippen LogP contribution in [0, 0.1) is 0 Å². The molecular formula is C13H8ClF3N2O. The molecule has 2 rings (SSSR count). The smallest absolute Gasteiger partial charge is 0.366 e. The molecule has 0 saturated heterocycles. The number of halogens is 4. The van der Waals surface area contributed by atoms with Gasteiger partial charge in [-0.15, -0.1) is 0 Å². The second-order valence-corrected chi connectivity index (χ2v) is 4.42. The van der Waals surface area contributed by atoms with E-state index in [0.717, 1.165) is 18.2 Å². The van der Waals surface area contributed by atoms with Gasteiger partial charge >= 0.3 is 6.18 Å². The average Bonchev–Trinajstić information content (AvgIpc) is 2.37. The van der Waals surface area contributed by atoms with E-state index in [2.05, 4.69) is 4.98 Å². The number of nitrogens with zero attached hydrogens (tertiary/aromatic N) is 1. The molecule has 20 heavy (non-hydrogen) atoms. The first-order chi connectivity index (χ1) is 9.29. The molecule has 2 N–H and O–H groups in total. The molecule has 0 atom stereocenters. The first kappa shape index (κ1) is 14.3. The SMILES string of the molecule is NC(=O)c1ccc(C(F)(F)F)cc1-c1ccc(Cl)cn1. The third kappa shape index (κ3) is 2.91. The van der Waals surface area contributed by atoms with Crippen molar-refractivity contribution in [1.82, 2.24) is 4.98 Å². The van der Waals surface area contributed by atoms with Gasteiger partial charge in [0, 0.05) is 17.3 Å². The predicted octanol–water partition coefficient (Wildman–Crippen LogP) is 3.52. The molecular weight excluding hydrogens is 293 g/mol. The van der Waals surface area contributed by atoms with Gasteiger partial charge in [0.25, 0.3) is 0 Å². The van der Waals surface area contributed by atoms with E-state index in [0.29, 0.717) is 5.02 Å². The van der Waals surface area contributed by atoms with Crippen LogP contribution < -0.4 is 5.73 Å². The Kier molecular flexibility index (Phi) is 3.67. The number of carbonyl (C=O) groups excluding carboxylic acids is 1. The molecule has 1 amide bonds. The van der Waals surface area contributed by atoms with Gasteiger partial charge in [0.05, 0.1) is 16.3 Å². The summed E-state index contributed by atoms with van der Waals surface area (Å²) in [6.07, 6.45) is -3.24. The first-order valence-electron chi connectivity index (χ1n) is 5.42. The summed E-state index contributed by atoms with van der Waals surface area (Å²) >= 11 is 5.67. The monoisotopic (exact) mass is 300 g/mol. The largest absolute Gasteiger partial charge is 0.416 e. The fourth-order valence-corrected chi connectivity index (χ4v) is 1.79. The van der Waals surface area contributed by atoms with E-state index < -0.39 is 17.6 Å². The van der Waals surface area contributed by atoms with Gasteiger partial charge in [0.1, 0.15) is 0 Å². The number of aromatic nitrogens is 1. The average molecular weight is 301 g/mol. The number of carbonyl (C=O) groups is 1. The van der Waals surface area contributed by atoms with Crippen LogP contribution in [0.5, 0.6) is 0 Å². The number of benzene rings is 1. The summed E-state index contributed by atoms with van der Waals surface area (Å²) in [5, 5.41) is 0.335. The van der Waals surface area contributed by atoms with Gasteiger partial charge in [-0.2, -0.15) is 13.2 Å². The Hall–Kier alpha value is -2.08. The van der Waals surface area contributed by atoms with Crippen molar-refractivity contribution in [3.63, 3.8) is 0 Å². The van der Waals surface area contributed by atoms with Crippen molar-refractivity contribution in [2.75, 3.05) is 0 Å². The van der Waals surface area contributed by atoms with Crippen molar-refractivity contribution in [3.8, 4) is 11.3 Å². The summed E-state index contributed by atoms with van der Waals surface area (Å²) in [6.45, 7) is 0. The van der Waals surface area contributed by atoms with Crippen molar-refractivity contribution in [2.45, 2.75) is 6.18 Å². The van der Waals surface area contributed by atoms with Crippen molar-refractivity contribution < 1.29 is 18.0 Å². The molecule has 0 radical (unpaired) electrons. The minimum absolute atomic E-state index is 0.0176. The van der Waals surface area contributed by atoms with E-state index >= 15 is 0 Å². The zero-order valence-electron chi connectivity index (χ0n) is 9.91. The van der Waals surface area contributed by atoms with Crippen LogP contribution >= 0.6 is 11.6 Å². The fraction of sp³-hybridized carbons (Fsp3) is 0.0769. The van der Waals surface area contributed by atoms with Gasteiger partial charge in [0.15, 0.2) is 0 Å². The van der Waals surface area contributed by atoms with Crippen LogP contribution in [0.4, 0.5) is 13.2 Å². The molecule has 3 nitrogen and oxygen atoms in total. The lowest BCUT2D eigenvalue weighted by Crippen LogP contribution is -2.14. The normalized spacial score (nSPS) is 11.4. The van der Waals surface area contributed by atoms with Gasteiger partial charge in [-0.1, -0.05) is 11.6 Å². The molecule has 1 heterocycles. The summed E-state index contributed by atoms with van der Waals surface area (Å²) in [6, 6.07) is 5.58. The molecule has 0 aliphatic carbocycles. The van der Waals surface area contributed by atoms with Gasteiger partial charge in [-0.3, -0.25) is 9.78 Å². The first-order valence-corrected chi connectivity index (χ1v) is 5.80. The van der Waals surface area contributed by atoms with Crippen LogP contribution in [-0.2, 0) is 6.18 Å². The van der Waals surface area contributed by atoms with Crippen molar-refractivity contribution in [1.29, 1.82) is 0 Å². The molecule has 7 heteroatoms. The van der Waals surface area contributed by atoms with Gasteiger partial charge < -0.3 is 5.73 Å². The number of primary amides is 1. The maximum atomic E-state index is 12.7. The highest BCUT2D eigenvalue weighted by Crippen LogP contribution is 2.33. The predicted molar refractivity (Wildman–Crippen MR) is 68.2 cm³/mol. The summed E-state index contributed by atoms with van der Waals surface area (Å²) in [5.41, 5.74) is 4.46. The third-order valence-electron chi connectivity index (χ3n) is 2.62. The van der Waals surface area contributed by atoms with Crippen LogP contribution in [0.2, 0.25) is 5.02 Å². The quantitative estimate of drug-likeness (QED) is 0.922. The van der Waals surface area contributed by atoms with Crippen LogP contribution in [0.15, 0.2) is 36.5 Å². The van der Waals surface area contributed by atoms with Crippen LogP contribution in [-0.4, -0.2) is 10.9 Å². The van der Waals surface area contributed by atoms with E-state index in [1.54, 1.807) is 0 Å². The number of rotatable bonds is 2. The van der Waals surface area contributed by atoms with Gasteiger partial charge in [0.2, 0.25) is 5.91 Å². The molecule has 0 unspecified atom stereocenters. The van der Waals surface area contributed by atoms with E-state index in [-0.39, 0.29) is 16.8 Å². The Labute approximate surface area is 117 Å². The fourth-order valence-electron chi connectivity index (χ4n) is 1.68. The highest BCUT2D eigenvalue weighted by molar-refractivity contribution is 6.30. The Morgan fingerprint density at radius 3 is 2.40 bits per heavy atom. The standard InChI is InChI=1S/C13H8ClF3N2O/c14-8-2-4-11(19-6-8)10-5-7(13(15,16)17)1-3-9(10)12(18)20/h1-6H,(H2,18,20). The molecule has 104 valence electrons. The minimum atomic E-state index is -4.52. The molecule has 0 spiro atoms. The van der Waals surface area contributed by atoms with Crippen molar-refractivity contribution >= 4 is 17.5 Å². The number of amides is 1. The van der Waals surface area contributed by atoms with E-state index in [4.69, 9.17) is 17.3 Å². The van der Waals surface area contributed by atoms with Crippen molar-refractivity contribution in [2.24, 2.45) is 5.73 Å². The summed E-state index contributed by atoms with van der Waals surface area (Å²) in [7, 11) is 0. The Balaban J connectivity index is 2.64. The topological polar surface area (TPSA) is 56.0 Å². The van der Waals surface area contributed by atoms with E-state index in [1.165, 1.54) is 18.3 Å². The van der Waals surface area contributed by atoms with E-state index in [1.807, 2.05) is 0 Å². The maximum absolute atomic E-state index is 12.7. The molecule has 0 saturated carbocycles. The lowest BCUT2D eigenvalue weighted by Gasteiger charge is -2.11. The summed E-state index contributed by atoms with van der Waals surface area (Å²) in [4.78, 5) is 15.2. The lowest BCUT2D eigenvalue weighted by molar-refractivity contribution is -0.137. The van der Waals surface area contributed by atoms with Crippen LogP contribution in [0.3, 0.4) is 0 Å². The highest BCUT2D eigenvalue weighted by atomic mass is 35.5. The summed E-state index contributed by atoms with van der Waals surface area (Å²) < 4.78 is 38.2. The molecule has 0 bridgehead atoms. The minimum Gasteiger partial charge on any atom is -0.366 e. The zero-order chi connectivity index (χ0) is 14.9. The zero-order valence-corrected chi connectivity index (χ0v) is 10.7. The second kappa shape index (κ2) is 5.13. The summed E-state index contributed by atoms with van der Waals surface area (Å²) in [5.74, 6) is -0.828. The Morgan fingerprint density at radius 2 is 1.90 bits per heavy atom. The lowest BCUT2D eigenvalue weighted by atomic mass is 10.00. The number of pyridine rings is 1. The number of alkyl halides is 3. The molecule has 1 aromatic carbocycles. The van der Waals surface area contributed by atoms with E-state index in [9.17, 15) is 18.0 Å². The Bertz CT molecular complexity index is 654. The number of hydrogen-bond acceptors (Lipinski definition) is 2. The maximum Gasteiger partial charge on any atom is 0.416 e. The van der Waals surface area contributed by atoms with Crippen molar-refractivity contribution in [3.05, 3.63) is 52.7 Å².